The zero-order chi connectivity index (χ0) is 15.9. The SMILES string of the molecule is c1ccc(-c2cnc3[nH]cc(-c4ccc5c(c4)CCN5)c3c2)cc1. The average molecular weight is 311 g/mol. The lowest BCUT2D eigenvalue weighted by molar-refractivity contribution is 1.11. The Labute approximate surface area is 140 Å². The summed E-state index contributed by atoms with van der Waals surface area (Å²) in [5.41, 5.74) is 8.39. The van der Waals surface area contributed by atoms with Crippen LogP contribution in [-0.4, -0.2) is 16.5 Å². The van der Waals surface area contributed by atoms with Crippen molar-refractivity contribution in [2.45, 2.75) is 6.42 Å². The molecule has 2 N–H and O–H groups in total. The number of nitrogens with one attached hydrogen (secondary N) is 2. The number of hydrogen-bond acceptors (Lipinski definition) is 2. The van der Waals surface area contributed by atoms with E-state index >= 15 is 0 Å². The van der Waals surface area contributed by atoms with E-state index in [9.17, 15) is 0 Å². The first-order valence-corrected chi connectivity index (χ1v) is 8.28. The fourth-order valence-corrected chi connectivity index (χ4v) is 3.50. The van der Waals surface area contributed by atoms with Crippen LogP contribution in [0.2, 0.25) is 0 Å². The van der Waals surface area contributed by atoms with E-state index in [2.05, 4.69) is 70.0 Å². The lowest BCUT2D eigenvalue weighted by atomic mass is 10.00. The van der Waals surface area contributed by atoms with Crippen molar-refractivity contribution in [1.29, 1.82) is 0 Å². The maximum atomic E-state index is 4.61. The van der Waals surface area contributed by atoms with Crippen molar-refractivity contribution >= 4 is 16.7 Å². The van der Waals surface area contributed by atoms with Crippen molar-refractivity contribution in [3.63, 3.8) is 0 Å². The van der Waals surface area contributed by atoms with E-state index in [4.69, 9.17) is 0 Å². The van der Waals surface area contributed by atoms with Gasteiger partial charge in [-0.15, -0.1) is 0 Å². The number of pyridine rings is 1. The van der Waals surface area contributed by atoms with Gasteiger partial charge >= 0.3 is 0 Å². The molecule has 5 rings (SSSR count). The number of fused-ring (bicyclic) bond motifs is 2. The van der Waals surface area contributed by atoms with Crippen LogP contribution in [0, 0.1) is 0 Å². The first kappa shape index (κ1) is 13.4. The summed E-state index contributed by atoms with van der Waals surface area (Å²) in [4.78, 5) is 7.91. The lowest BCUT2D eigenvalue weighted by Gasteiger charge is -2.05. The van der Waals surface area contributed by atoms with Crippen molar-refractivity contribution in [2.75, 3.05) is 11.9 Å². The third-order valence-corrected chi connectivity index (χ3v) is 4.76. The number of H-pyrrole nitrogens is 1. The molecule has 1 aliphatic rings. The maximum absolute atomic E-state index is 4.61. The van der Waals surface area contributed by atoms with Crippen LogP contribution in [0.5, 0.6) is 0 Å². The molecule has 0 saturated heterocycles. The van der Waals surface area contributed by atoms with Crippen LogP contribution in [0.25, 0.3) is 33.3 Å². The van der Waals surface area contributed by atoms with Crippen molar-refractivity contribution in [3.8, 4) is 22.3 Å². The zero-order valence-electron chi connectivity index (χ0n) is 13.2. The van der Waals surface area contributed by atoms with Crippen molar-refractivity contribution in [2.24, 2.45) is 0 Å². The van der Waals surface area contributed by atoms with Crippen LogP contribution in [0.15, 0.2) is 67.0 Å². The third-order valence-electron chi connectivity index (χ3n) is 4.76. The standard InChI is InChI=1S/C21H17N3/c1-2-4-14(5-3-1)17-11-18-19(13-24-21(18)23-12-17)15-6-7-20-16(10-15)8-9-22-20/h1-7,10-13,22H,8-9H2,(H,23,24). The van der Waals surface area contributed by atoms with E-state index in [0.29, 0.717) is 0 Å². The monoisotopic (exact) mass is 311 g/mol. The number of aromatic amines is 1. The highest BCUT2D eigenvalue weighted by atomic mass is 14.9. The number of nitrogens with zero attached hydrogens (tertiary/aromatic N) is 1. The molecule has 0 amide bonds. The quantitative estimate of drug-likeness (QED) is 0.555. The van der Waals surface area contributed by atoms with E-state index in [1.54, 1.807) is 0 Å². The van der Waals surface area contributed by atoms with Gasteiger partial charge in [0.15, 0.2) is 0 Å². The molecule has 1 aliphatic heterocycles. The molecular formula is C21H17N3. The van der Waals surface area contributed by atoms with E-state index < -0.39 is 0 Å². The van der Waals surface area contributed by atoms with Gasteiger partial charge in [0, 0.05) is 41.1 Å². The second kappa shape index (κ2) is 5.24. The normalized spacial score (nSPS) is 13.0. The molecule has 0 bridgehead atoms. The van der Waals surface area contributed by atoms with Gasteiger partial charge in [0.1, 0.15) is 5.65 Å². The summed E-state index contributed by atoms with van der Waals surface area (Å²) in [6.07, 6.45) is 5.10. The molecule has 3 nitrogen and oxygen atoms in total. The Hall–Kier alpha value is -3.07. The Morgan fingerprint density at radius 3 is 2.71 bits per heavy atom. The molecule has 3 heterocycles. The summed E-state index contributed by atoms with van der Waals surface area (Å²) in [6, 6.07) is 19.3. The average Bonchev–Trinajstić information content (AvgIpc) is 3.27. The largest absolute Gasteiger partial charge is 0.384 e. The summed E-state index contributed by atoms with van der Waals surface area (Å²) < 4.78 is 0. The maximum Gasteiger partial charge on any atom is 0.137 e. The molecule has 2 aromatic carbocycles. The highest BCUT2D eigenvalue weighted by Gasteiger charge is 2.13. The van der Waals surface area contributed by atoms with Gasteiger partial charge < -0.3 is 10.3 Å². The minimum Gasteiger partial charge on any atom is -0.384 e. The number of rotatable bonds is 2. The zero-order valence-corrected chi connectivity index (χ0v) is 13.2. The second-order valence-electron chi connectivity index (χ2n) is 6.24. The van der Waals surface area contributed by atoms with Gasteiger partial charge in [-0.2, -0.15) is 0 Å². The topological polar surface area (TPSA) is 40.7 Å². The summed E-state index contributed by atoms with van der Waals surface area (Å²) in [5.74, 6) is 0. The van der Waals surface area contributed by atoms with Crippen molar-refractivity contribution in [3.05, 3.63) is 72.6 Å². The smallest absolute Gasteiger partial charge is 0.137 e. The van der Waals surface area contributed by atoms with Crippen LogP contribution < -0.4 is 5.32 Å². The first-order valence-electron chi connectivity index (χ1n) is 8.28. The molecule has 24 heavy (non-hydrogen) atoms. The highest BCUT2D eigenvalue weighted by Crippen LogP contribution is 2.34. The molecule has 0 fully saturated rings. The Morgan fingerprint density at radius 1 is 0.875 bits per heavy atom. The first-order chi connectivity index (χ1) is 11.9. The molecule has 0 radical (unpaired) electrons. The van der Waals surface area contributed by atoms with Gasteiger partial charge in [-0.1, -0.05) is 36.4 Å². The van der Waals surface area contributed by atoms with E-state index in [1.807, 2.05) is 12.3 Å². The fourth-order valence-electron chi connectivity index (χ4n) is 3.50. The van der Waals surface area contributed by atoms with Crippen LogP contribution in [0.4, 0.5) is 5.69 Å². The Kier molecular flexibility index (Phi) is 2.92. The van der Waals surface area contributed by atoms with Gasteiger partial charge in [-0.05, 0) is 41.3 Å². The molecule has 2 aromatic heterocycles. The van der Waals surface area contributed by atoms with Gasteiger partial charge in [0.25, 0.3) is 0 Å². The van der Waals surface area contributed by atoms with Gasteiger partial charge in [-0.3, -0.25) is 0 Å². The van der Waals surface area contributed by atoms with Crippen LogP contribution in [-0.2, 0) is 6.42 Å². The molecule has 0 saturated carbocycles. The number of anilines is 1. The molecule has 3 heteroatoms. The summed E-state index contributed by atoms with van der Waals surface area (Å²) in [6.45, 7) is 1.03. The lowest BCUT2D eigenvalue weighted by Crippen LogP contribution is -1.90. The van der Waals surface area contributed by atoms with Gasteiger partial charge in [0.2, 0.25) is 0 Å². The minimum atomic E-state index is 0.934. The predicted octanol–water partition coefficient (Wildman–Crippen LogP) is 4.86. The van der Waals surface area contributed by atoms with Crippen LogP contribution >= 0.6 is 0 Å². The highest BCUT2D eigenvalue weighted by molar-refractivity contribution is 5.96. The fraction of sp³-hybridized carbons (Fsp3) is 0.0952. The predicted molar refractivity (Wildman–Crippen MR) is 99.2 cm³/mol. The summed E-state index contributed by atoms with van der Waals surface area (Å²) >= 11 is 0. The molecule has 0 aliphatic carbocycles. The molecule has 4 aromatic rings. The van der Waals surface area contributed by atoms with Crippen LogP contribution in [0.1, 0.15) is 5.56 Å². The molecule has 0 spiro atoms. The van der Waals surface area contributed by atoms with E-state index in [-0.39, 0.29) is 0 Å². The van der Waals surface area contributed by atoms with Crippen LogP contribution in [0.3, 0.4) is 0 Å². The molecule has 0 atom stereocenters. The number of benzene rings is 2. The molecule has 0 unspecified atom stereocenters. The third kappa shape index (κ3) is 2.09. The Morgan fingerprint density at radius 2 is 1.79 bits per heavy atom. The summed E-state index contributed by atoms with van der Waals surface area (Å²) in [7, 11) is 0. The number of aromatic nitrogens is 2. The summed E-state index contributed by atoms with van der Waals surface area (Å²) in [5, 5.41) is 4.59. The van der Waals surface area contributed by atoms with E-state index in [1.165, 1.54) is 33.3 Å². The van der Waals surface area contributed by atoms with Gasteiger partial charge in [-0.25, -0.2) is 4.98 Å². The minimum absolute atomic E-state index is 0.934. The molecular weight excluding hydrogens is 294 g/mol. The Balaban J connectivity index is 1.66. The second-order valence-corrected chi connectivity index (χ2v) is 6.24. The van der Waals surface area contributed by atoms with E-state index in [0.717, 1.165) is 24.2 Å². The molecule has 116 valence electrons. The number of hydrogen-bond donors (Lipinski definition) is 2. The van der Waals surface area contributed by atoms with Crippen molar-refractivity contribution < 1.29 is 0 Å². The van der Waals surface area contributed by atoms with Gasteiger partial charge in [0.05, 0.1) is 0 Å². The Bertz CT molecular complexity index is 1030. The van der Waals surface area contributed by atoms with Crippen molar-refractivity contribution in [1.82, 2.24) is 9.97 Å².